The van der Waals surface area contributed by atoms with Crippen LogP contribution in [0.4, 0.5) is 10.1 Å². The molecule has 0 atom stereocenters. The van der Waals surface area contributed by atoms with Gasteiger partial charge in [-0.15, -0.1) is 0 Å². The molecule has 0 aliphatic heterocycles. The zero-order chi connectivity index (χ0) is 15.4. The van der Waals surface area contributed by atoms with E-state index in [0.717, 1.165) is 15.7 Å². The maximum atomic E-state index is 14.0. The predicted molar refractivity (Wildman–Crippen MR) is 85.1 cm³/mol. The number of hydrogen-bond donors (Lipinski definition) is 3. The van der Waals surface area contributed by atoms with Crippen molar-refractivity contribution in [3.05, 3.63) is 63.4 Å². The molecule has 4 N–H and O–H groups in total. The Labute approximate surface area is 130 Å². The fourth-order valence-corrected chi connectivity index (χ4v) is 2.29. The minimum absolute atomic E-state index is 0.116. The number of amidine groups is 1. The molecule has 21 heavy (non-hydrogen) atoms. The standard InChI is InChI=1S/C15H15BrFN3O/c1-9-3-2-4-13(14(9)16)19-8-11-6-5-10(7-12(11)17)15(18)20-21/h2-7,19,21H,8H2,1H3,(H2,18,20). The van der Waals surface area contributed by atoms with Crippen LogP contribution in [0, 0.1) is 12.7 Å². The highest BCUT2D eigenvalue weighted by Crippen LogP contribution is 2.26. The zero-order valence-electron chi connectivity index (χ0n) is 11.4. The van der Waals surface area contributed by atoms with Gasteiger partial charge in [-0.1, -0.05) is 29.4 Å². The van der Waals surface area contributed by atoms with Crippen LogP contribution in [0.25, 0.3) is 0 Å². The van der Waals surface area contributed by atoms with Gasteiger partial charge in [-0.05, 0) is 40.5 Å². The molecule has 2 rings (SSSR count). The summed E-state index contributed by atoms with van der Waals surface area (Å²) in [4.78, 5) is 0. The number of nitrogens with two attached hydrogens (primary N) is 1. The minimum atomic E-state index is -0.407. The molecule has 110 valence electrons. The van der Waals surface area contributed by atoms with Crippen LogP contribution in [0.3, 0.4) is 0 Å². The lowest BCUT2D eigenvalue weighted by Gasteiger charge is -2.11. The number of anilines is 1. The second-order valence-electron chi connectivity index (χ2n) is 4.58. The van der Waals surface area contributed by atoms with Crippen molar-refractivity contribution in [1.29, 1.82) is 0 Å². The first kappa shape index (κ1) is 15.3. The van der Waals surface area contributed by atoms with Crippen molar-refractivity contribution in [2.24, 2.45) is 10.9 Å². The molecule has 6 heteroatoms. The average Bonchev–Trinajstić information content (AvgIpc) is 2.49. The first-order chi connectivity index (χ1) is 10.0. The number of nitrogens with zero attached hydrogens (tertiary/aromatic N) is 1. The Balaban J connectivity index is 2.15. The van der Waals surface area contributed by atoms with Crippen LogP contribution in [0.1, 0.15) is 16.7 Å². The van der Waals surface area contributed by atoms with Gasteiger partial charge in [-0.25, -0.2) is 4.39 Å². The van der Waals surface area contributed by atoms with Crippen molar-refractivity contribution in [3.63, 3.8) is 0 Å². The number of benzene rings is 2. The Morgan fingerprint density at radius 1 is 1.38 bits per heavy atom. The maximum absolute atomic E-state index is 14.0. The molecule has 2 aromatic rings. The predicted octanol–water partition coefficient (Wildman–Crippen LogP) is 3.60. The van der Waals surface area contributed by atoms with Crippen LogP contribution in [0.5, 0.6) is 0 Å². The molecule has 4 nitrogen and oxygen atoms in total. The summed E-state index contributed by atoms with van der Waals surface area (Å²) >= 11 is 3.50. The van der Waals surface area contributed by atoms with Gasteiger partial charge in [-0.2, -0.15) is 0 Å². The maximum Gasteiger partial charge on any atom is 0.170 e. The van der Waals surface area contributed by atoms with Crippen molar-refractivity contribution >= 4 is 27.5 Å². The van der Waals surface area contributed by atoms with Crippen molar-refractivity contribution in [2.45, 2.75) is 13.5 Å². The monoisotopic (exact) mass is 351 g/mol. The largest absolute Gasteiger partial charge is 0.409 e. The number of nitrogens with one attached hydrogen (secondary N) is 1. The SMILES string of the molecule is Cc1cccc(NCc2ccc(/C(N)=N/O)cc2F)c1Br. The van der Waals surface area contributed by atoms with E-state index < -0.39 is 5.82 Å². The summed E-state index contributed by atoms with van der Waals surface area (Å²) in [5, 5.41) is 14.6. The number of rotatable bonds is 4. The third-order valence-corrected chi connectivity index (χ3v) is 4.17. The van der Waals surface area contributed by atoms with E-state index in [-0.39, 0.29) is 5.84 Å². The van der Waals surface area contributed by atoms with E-state index in [9.17, 15) is 4.39 Å². The molecule has 0 unspecified atom stereocenters. The normalized spacial score (nSPS) is 11.5. The summed E-state index contributed by atoms with van der Waals surface area (Å²) in [5.41, 5.74) is 8.27. The summed E-state index contributed by atoms with van der Waals surface area (Å²) in [6, 6.07) is 10.3. The Morgan fingerprint density at radius 3 is 2.81 bits per heavy atom. The lowest BCUT2D eigenvalue weighted by Crippen LogP contribution is -2.14. The topological polar surface area (TPSA) is 70.6 Å². The molecule has 0 fully saturated rings. The van der Waals surface area contributed by atoms with Crippen LogP contribution in [-0.4, -0.2) is 11.0 Å². The molecular weight excluding hydrogens is 337 g/mol. The molecule has 2 aromatic carbocycles. The Morgan fingerprint density at radius 2 is 2.14 bits per heavy atom. The van der Waals surface area contributed by atoms with Gasteiger partial charge in [0.1, 0.15) is 5.82 Å². The van der Waals surface area contributed by atoms with Gasteiger partial charge in [0, 0.05) is 27.8 Å². The Kier molecular flexibility index (Phi) is 4.80. The third kappa shape index (κ3) is 3.52. The number of hydrogen-bond acceptors (Lipinski definition) is 3. The molecule has 0 aliphatic rings. The number of halogens is 2. The van der Waals surface area contributed by atoms with Crippen molar-refractivity contribution < 1.29 is 9.60 Å². The van der Waals surface area contributed by atoms with Gasteiger partial charge in [0.2, 0.25) is 0 Å². The van der Waals surface area contributed by atoms with Crippen LogP contribution >= 0.6 is 15.9 Å². The van der Waals surface area contributed by atoms with Gasteiger partial charge in [0.05, 0.1) is 0 Å². The highest BCUT2D eigenvalue weighted by atomic mass is 79.9. The lowest BCUT2D eigenvalue weighted by molar-refractivity contribution is 0.318. The molecule has 0 radical (unpaired) electrons. The molecular formula is C15H15BrFN3O. The fourth-order valence-electron chi connectivity index (χ4n) is 1.88. The van der Waals surface area contributed by atoms with Crippen molar-refractivity contribution in [3.8, 4) is 0 Å². The molecule has 0 amide bonds. The highest BCUT2D eigenvalue weighted by Gasteiger charge is 2.08. The molecule has 0 bridgehead atoms. The van der Waals surface area contributed by atoms with E-state index in [1.54, 1.807) is 12.1 Å². The summed E-state index contributed by atoms with van der Waals surface area (Å²) in [6.45, 7) is 2.33. The zero-order valence-corrected chi connectivity index (χ0v) is 13.0. The first-order valence-electron chi connectivity index (χ1n) is 6.28. The Bertz CT molecular complexity index is 689. The second kappa shape index (κ2) is 6.58. The summed E-state index contributed by atoms with van der Waals surface area (Å²) < 4.78 is 14.9. The molecule has 0 heterocycles. The quantitative estimate of drug-likeness (QED) is 0.341. The molecule has 0 spiro atoms. The highest BCUT2D eigenvalue weighted by molar-refractivity contribution is 9.10. The molecule has 0 aromatic heterocycles. The molecule has 0 aliphatic carbocycles. The van der Waals surface area contributed by atoms with E-state index >= 15 is 0 Å². The van der Waals surface area contributed by atoms with Gasteiger partial charge in [-0.3, -0.25) is 0 Å². The van der Waals surface area contributed by atoms with Gasteiger partial charge in [0.15, 0.2) is 5.84 Å². The smallest absolute Gasteiger partial charge is 0.170 e. The van der Waals surface area contributed by atoms with E-state index in [1.807, 2.05) is 25.1 Å². The number of oxime groups is 1. The summed E-state index contributed by atoms with van der Waals surface area (Å²) in [7, 11) is 0. The van der Waals surface area contributed by atoms with Crippen LogP contribution < -0.4 is 11.1 Å². The lowest BCUT2D eigenvalue weighted by atomic mass is 10.1. The van der Waals surface area contributed by atoms with E-state index in [1.165, 1.54) is 6.07 Å². The third-order valence-electron chi connectivity index (χ3n) is 3.12. The van der Waals surface area contributed by atoms with Crippen LogP contribution in [0.2, 0.25) is 0 Å². The van der Waals surface area contributed by atoms with Gasteiger partial charge < -0.3 is 16.3 Å². The molecule has 0 saturated heterocycles. The minimum Gasteiger partial charge on any atom is -0.409 e. The Hall–Kier alpha value is -2.08. The van der Waals surface area contributed by atoms with Crippen LogP contribution in [-0.2, 0) is 6.54 Å². The summed E-state index contributed by atoms with van der Waals surface area (Å²) in [5.74, 6) is -0.523. The van der Waals surface area contributed by atoms with E-state index in [4.69, 9.17) is 10.9 Å². The van der Waals surface area contributed by atoms with Gasteiger partial charge >= 0.3 is 0 Å². The second-order valence-corrected chi connectivity index (χ2v) is 5.37. The van der Waals surface area contributed by atoms with E-state index in [2.05, 4.69) is 26.4 Å². The summed E-state index contributed by atoms with van der Waals surface area (Å²) in [6.07, 6.45) is 0. The fraction of sp³-hybridized carbons (Fsp3) is 0.133. The number of aryl methyl sites for hydroxylation is 1. The van der Waals surface area contributed by atoms with Gasteiger partial charge in [0.25, 0.3) is 0 Å². The molecule has 0 saturated carbocycles. The first-order valence-corrected chi connectivity index (χ1v) is 7.07. The van der Waals surface area contributed by atoms with E-state index in [0.29, 0.717) is 17.7 Å². The van der Waals surface area contributed by atoms with Crippen molar-refractivity contribution in [1.82, 2.24) is 0 Å². The average molecular weight is 352 g/mol. The van der Waals surface area contributed by atoms with Crippen molar-refractivity contribution in [2.75, 3.05) is 5.32 Å². The van der Waals surface area contributed by atoms with Crippen LogP contribution in [0.15, 0.2) is 46.0 Å².